The number of anilines is 1. The van der Waals surface area contributed by atoms with Crippen LogP contribution in [0, 0.1) is 5.41 Å². The van der Waals surface area contributed by atoms with Crippen LogP contribution in [0.5, 0.6) is 0 Å². The molecule has 0 spiro atoms. The second kappa shape index (κ2) is 6.96. The van der Waals surface area contributed by atoms with Crippen LogP contribution in [-0.4, -0.2) is 42.8 Å². The highest BCUT2D eigenvalue weighted by molar-refractivity contribution is 9.11. The standard InChI is InChI=1S/C15H23Br2N3O/c1-15(2,9-21)14(20-5-3-19-4-6-20)11-7-10(16)8-12(17)13(11)18/h7-8,14,19,21H,3-6,9,18H2,1-2H3/t14-/m1/s1. The molecule has 1 heterocycles. The number of nitrogens with zero attached hydrogens (tertiary/aromatic N) is 1. The van der Waals surface area contributed by atoms with Crippen molar-refractivity contribution in [1.29, 1.82) is 0 Å². The van der Waals surface area contributed by atoms with E-state index in [-0.39, 0.29) is 18.1 Å². The van der Waals surface area contributed by atoms with Crippen LogP contribution in [0.15, 0.2) is 21.1 Å². The fourth-order valence-electron chi connectivity index (χ4n) is 2.97. The lowest BCUT2D eigenvalue weighted by molar-refractivity contribution is 0.0308. The van der Waals surface area contributed by atoms with Crippen molar-refractivity contribution in [1.82, 2.24) is 10.2 Å². The molecule has 0 radical (unpaired) electrons. The summed E-state index contributed by atoms with van der Waals surface area (Å²) in [7, 11) is 0. The molecule has 0 bridgehead atoms. The topological polar surface area (TPSA) is 61.5 Å². The maximum atomic E-state index is 9.88. The van der Waals surface area contributed by atoms with Crippen LogP contribution in [0.3, 0.4) is 0 Å². The third-order valence-electron chi connectivity index (χ3n) is 4.09. The molecule has 1 aliphatic heterocycles. The molecule has 0 saturated carbocycles. The predicted molar refractivity (Wildman–Crippen MR) is 94.3 cm³/mol. The van der Waals surface area contributed by atoms with Crippen LogP contribution in [0.4, 0.5) is 5.69 Å². The summed E-state index contributed by atoms with van der Waals surface area (Å²) < 4.78 is 1.88. The van der Waals surface area contributed by atoms with Crippen LogP contribution in [0.25, 0.3) is 0 Å². The van der Waals surface area contributed by atoms with E-state index in [1.807, 2.05) is 6.07 Å². The van der Waals surface area contributed by atoms with Crippen LogP contribution in [-0.2, 0) is 0 Å². The van der Waals surface area contributed by atoms with Crippen molar-refractivity contribution in [3.05, 3.63) is 26.6 Å². The number of benzene rings is 1. The van der Waals surface area contributed by atoms with Crippen LogP contribution in [0.1, 0.15) is 25.5 Å². The number of hydrogen-bond donors (Lipinski definition) is 3. The van der Waals surface area contributed by atoms with Gasteiger partial charge in [0.2, 0.25) is 0 Å². The van der Waals surface area contributed by atoms with Gasteiger partial charge in [-0.3, -0.25) is 4.90 Å². The normalized spacial score (nSPS) is 18.7. The van der Waals surface area contributed by atoms with Crippen molar-refractivity contribution in [3.8, 4) is 0 Å². The molecule has 1 aromatic rings. The Morgan fingerprint density at radius 2 is 1.95 bits per heavy atom. The van der Waals surface area contributed by atoms with E-state index < -0.39 is 0 Å². The molecule has 6 heteroatoms. The summed E-state index contributed by atoms with van der Waals surface area (Å²) in [5, 5.41) is 13.3. The number of rotatable bonds is 4. The third-order valence-corrected chi connectivity index (χ3v) is 5.20. The molecule has 0 unspecified atom stereocenters. The highest BCUT2D eigenvalue weighted by Crippen LogP contribution is 2.43. The molecular weight excluding hydrogens is 398 g/mol. The molecule has 1 atom stereocenters. The number of halogens is 2. The molecular formula is C15H23Br2N3O. The monoisotopic (exact) mass is 419 g/mol. The fraction of sp³-hybridized carbons (Fsp3) is 0.600. The Bertz CT molecular complexity index is 502. The van der Waals surface area contributed by atoms with Crippen molar-refractivity contribution in [3.63, 3.8) is 0 Å². The van der Waals surface area contributed by atoms with Gasteiger partial charge in [-0.15, -0.1) is 0 Å². The van der Waals surface area contributed by atoms with Crippen molar-refractivity contribution < 1.29 is 5.11 Å². The largest absolute Gasteiger partial charge is 0.398 e. The molecule has 118 valence electrons. The van der Waals surface area contributed by atoms with Gasteiger partial charge >= 0.3 is 0 Å². The summed E-state index contributed by atoms with van der Waals surface area (Å²) in [6, 6.07) is 4.11. The van der Waals surface area contributed by atoms with E-state index in [2.05, 4.69) is 62.0 Å². The van der Waals surface area contributed by atoms with Crippen molar-refractivity contribution in [2.45, 2.75) is 19.9 Å². The Balaban J connectivity index is 2.49. The van der Waals surface area contributed by atoms with Gasteiger partial charge in [0, 0.05) is 53.2 Å². The summed E-state index contributed by atoms with van der Waals surface area (Å²) >= 11 is 7.08. The van der Waals surface area contributed by atoms with E-state index in [1.54, 1.807) is 0 Å². The van der Waals surface area contributed by atoms with E-state index in [4.69, 9.17) is 5.73 Å². The molecule has 4 nitrogen and oxygen atoms in total. The molecule has 0 aromatic heterocycles. The van der Waals surface area contributed by atoms with Gasteiger partial charge in [0.1, 0.15) is 0 Å². The number of aliphatic hydroxyl groups excluding tert-OH is 1. The van der Waals surface area contributed by atoms with E-state index in [0.29, 0.717) is 0 Å². The molecule has 1 fully saturated rings. The first-order valence-corrected chi connectivity index (χ1v) is 8.75. The lowest BCUT2D eigenvalue weighted by atomic mass is 9.79. The molecule has 0 aliphatic carbocycles. The summed E-state index contributed by atoms with van der Waals surface area (Å²) in [6.07, 6.45) is 0. The van der Waals surface area contributed by atoms with Crippen LogP contribution >= 0.6 is 31.9 Å². The summed E-state index contributed by atoms with van der Waals surface area (Å²) in [5.74, 6) is 0. The maximum Gasteiger partial charge on any atom is 0.0508 e. The van der Waals surface area contributed by atoms with Crippen molar-refractivity contribution >= 4 is 37.5 Å². The molecule has 21 heavy (non-hydrogen) atoms. The lowest BCUT2D eigenvalue weighted by Crippen LogP contribution is -2.49. The van der Waals surface area contributed by atoms with Gasteiger partial charge in [-0.25, -0.2) is 0 Å². The zero-order chi connectivity index (χ0) is 15.6. The summed E-state index contributed by atoms with van der Waals surface area (Å²) in [6.45, 7) is 8.14. The smallest absolute Gasteiger partial charge is 0.0508 e. The van der Waals surface area contributed by atoms with E-state index in [0.717, 1.165) is 46.4 Å². The van der Waals surface area contributed by atoms with Crippen molar-refractivity contribution in [2.24, 2.45) is 5.41 Å². The number of aliphatic hydroxyl groups is 1. The van der Waals surface area contributed by atoms with E-state index in [9.17, 15) is 5.11 Å². The number of hydrogen-bond acceptors (Lipinski definition) is 4. The third kappa shape index (κ3) is 3.79. The first kappa shape index (κ1) is 17.2. The van der Waals surface area contributed by atoms with Gasteiger partial charge in [0.25, 0.3) is 0 Å². The first-order chi connectivity index (χ1) is 9.86. The van der Waals surface area contributed by atoms with Crippen LogP contribution < -0.4 is 11.1 Å². The van der Waals surface area contributed by atoms with E-state index in [1.165, 1.54) is 0 Å². The Morgan fingerprint density at radius 3 is 2.52 bits per heavy atom. The Kier molecular flexibility index (Phi) is 5.71. The minimum Gasteiger partial charge on any atom is -0.398 e. The van der Waals surface area contributed by atoms with Gasteiger partial charge in [0.15, 0.2) is 0 Å². The van der Waals surface area contributed by atoms with E-state index >= 15 is 0 Å². The Morgan fingerprint density at radius 1 is 1.33 bits per heavy atom. The molecule has 4 N–H and O–H groups in total. The first-order valence-electron chi connectivity index (χ1n) is 7.17. The van der Waals surface area contributed by atoms with Gasteiger partial charge in [-0.05, 0) is 33.6 Å². The average molecular weight is 421 g/mol. The van der Waals surface area contributed by atoms with Crippen LogP contribution in [0.2, 0.25) is 0 Å². The Labute approximate surface area is 143 Å². The van der Waals surface area contributed by atoms with Gasteiger partial charge < -0.3 is 16.2 Å². The SMILES string of the molecule is CC(C)(CO)[C@@H](c1cc(Br)cc(Br)c1N)N1CCNCC1. The van der Waals surface area contributed by atoms with Gasteiger partial charge in [-0.2, -0.15) is 0 Å². The fourth-order valence-corrected chi connectivity index (χ4v) is 4.23. The maximum absolute atomic E-state index is 9.88. The second-order valence-electron chi connectivity index (χ2n) is 6.23. The van der Waals surface area contributed by atoms with Gasteiger partial charge in [-0.1, -0.05) is 29.8 Å². The number of nitrogen functional groups attached to an aromatic ring is 1. The molecule has 0 amide bonds. The predicted octanol–water partition coefficient (Wildman–Crippen LogP) is 2.76. The molecule has 2 rings (SSSR count). The minimum absolute atomic E-state index is 0.0819. The average Bonchev–Trinajstić information content (AvgIpc) is 2.45. The second-order valence-corrected chi connectivity index (χ2v) is 8.00. The highest BCUT2D eigenvalue weighted by Gasteiger charge is 2.37. The lowest BCUT2D eigenvalue weighted by Gasteiger charge is -2.44. The minimum atomic E-state index is -0.272. The Hall–Kier alpha value is -0.140. The summed E-state index contributed by atoms with van der Waals surface area (Å²) in [5.41, 5.74) is 7.87. The molecule has 1 aliphatic rings. The van der Waals surface area contributed by atoms with Crippen molar-refractivity contribution in [2.75, 3.05) is 38.5 Å². The zero-order valence-electron chi connectivity index (χ0n) is 12.5. The quantitative estimate of drug-likeness (QED) is 0.655. The zero-order valence-corrected chi connectivity index (χ0v) is 15.7. The summed E-state index contributed by atoms with van der Waals surface area (Å²) in [4.78, 5) is 2.41. The molecule has 1 saturated heterocycles. The number of piperazine rings is 1. The number of nitrogens with two attached hydrogens (primary N) is 1. The molecule has 1 aromatic carbocycles. The van der Waals surface area contributed by atoms with Gasteiger partial charge in [0.05, 0.1) is 5.69 Å². The number of nitrogens with one attached hydrogen (secondary N) is 1. The highest BCUT2D eigenvalue weighted by atomic mass is 79.9.